The molecule has 1 fully saturated rings. The number of nitrogens with one attached hydrogen (secondary N) is 1. The lowest BCUT2D eigenvalue weighted by atomic mass is 10.0. The number of pyridine rings is 2. The van der Waals surface area contributed by atoms with E-state index in [2.05, 4.69) is 20.2 Å². The van der Waals surface area contributed by atoms with Gasteiger partial charge in [0.2, 0.25) is 5.88 Å². The molecule has 0 spiro atoms. The largest absolute Gasteiger partial charge is 0.470 e. The molecule has 0 radical (unpaired) electrons. The zero-order valence-electron chi connectivity index (χ0n) is 19.0. The minimum atomic E-state index is -4.66. The molecule has 1 aromatic carbocycles. The predicted octanol–water partition coefficient (Wildman–Crippen LogP) is 6.22. The van der Waals surface area contributed by atoms with Crippen LogP contribution in [0.1, 0.15) is 28.5 Å². The molecule has 2 unspecified atom stereocenters. The molecule has 4 rings (SSSR count). The number of carbonyl (C=O) groups is 1. The number of anilines is 1. The fourth-order valence-electron chi connectivity index (χ4n) is 3.59. The molecule has 1 aliphatic heterocycles. The van der Waals surface area contributed by atoms with Gasteiger partial charge in [0, 0.05) is 35.9 Å². The van der Waals surface area contributed by atoms with Gasteiger partial charge in [-0.15, -0.1) is 0 Å². The van der Waals surface area contributed by atoms with Crippen LogP contribution in [0, 0.1) is 0 Å². The van der Waals surface area contributed by atoms with Crippen molar-refractivity contribution in [3.63, 3.8) is 0 Å². The topological polar surface area (TPSA) is 67.3 Å². The number of alkyl halides is 3. The van der Waals surface area contributed by atoms with Crippen molar-refractivity contribution in [1.82, 2.24) is 14.9 Å². The first kappa shape index (κ1) is 25.9. The molecule has 36 heavy (non-hydrogen) atoms. The van der Waals surface area contributed by atoms with Crippen LogP contribution < -0.4 is 10.1 Å². The Bertz CT molecular complexity index is 1270. The van der Waals surface area contributed by atoms with Crippen molar-refractivity contribution in [3.8, 4) is 5.88 Å². The van der Waals surface area contributed by atoms with Crippen LogP contribution in [0.15, 0.2) is 60.8 Å². The summed E-state index contributed by atoms with van der Waals surface area (Å²) < 4.78 is 45.7. The van der Waals surface area contributed by atoms with Gasteiger partial charge in [0.1, 0.15) is 22.6 Å². The highest BCUT2D eigenvalue weighted by Gasteiger charge is 2.38. The number of benzene rings is 1. The van der Waals surface area contributed by atoms with Crippen LogP contribution in [0.2, 0.25) is 10.2 Å². The van der Waals surface area contributed by atoms with Gasteiger partial charge in [-0.25, -0.2) is 9.97 Å². The van der Waals surface area contributed by atoms with Crippen LogP contribution >= 0.6 is 23.2 Å². The van der Waals surface area contributed by atoms with Crippen molar-refractivity contribution in [2.45, 2.75) is 25.2 Å². The van der Waals surface area contributed by atoms with Gasteiger partial charge < -0.3 is 10.1 Å². The van der Waals surface area contributed by atoms with E-state index in [0.717, 1.165) is 17.7 Å². The summed E-state index contributed by atoms with van der Waals surface area (Å²) in [5.41, 5.74) is 0.104. The number of aromatic nitrogens is 2. The summed E-state index contributed by atoms with van der Waals surface area (Å²) in [6.45, 7) is 3.03. The van der Waals surface area contributed by atoms with Crippen LogP contribution in [0.3, 0.4) is 0 Å². The van der Waals surface area contributed by atoms with E-state index in [0.29, 0.717) is 18.1 Å². The second kappa shape index (κ2) is 10.9. The van der Waals surface area contributed by atoms with Crippen LogP contribution in [0.25, 0.3) is 6.08 Å². The van der Waals surface area contributed by atoms with E-state index in [-0.39, 0.29) is 28.3 Å². The van der Waals surface area contributed by atoms with Gasteiger partial charge in [0.15, 0.2) is 0 Å². The lowest BCUT2D eigenvalue weighted by molar-refractivity contribution is -0.141. The smallest absolute Gasteiger partial charge is 0.433 e. The fourth-order valence-corrected chi connectivity index (χ4v) is 3.89. The fraction of sp³-hybridized carbons (Fsp3) is 0.240. The molecule has 0 aliphatic carbocycles. The first-order chi connectivity index (χ1) is 17.1. The Balaban J connectivity index is 1.44. The number of nitrogens with zero attached hydrogens (tertiary/aromatic N) is 3. The summed E-state index contributed by atoms with van der Waals surface area (Å²) in [4.78, 5) is 22.2. The maximum atomic E-state index is 13.3. The Labute approximate surface area is 215 Å². The monoisotopic (exact) mass is 536 g/mol. The molecule has 2 aromatic heterocycles. The summed E-state index contributed by atoms with van der Waals surface area (Å²) in [7, 11) is 0. The first-order valence-corrected chi connectivity index (χ1v) is 11.7. The highest BCUT2D eigenvalue weighted by Crippen LogP contribution is 2.34. The van der Waals surface area contributed by atoms with Gasteiger partial charge in [-0.2, -0.15) is 13.2 Å². The van der Waals surface area contributed by atoms with E-state index >= 15 is 0 Å². The normalized spacial score (nSPS) is 18.2. The number of hydrogen-bond acceptors (Lipinski definition) is 5. The van der Waals surface area contributed by atoms with E-state index in [1.165, 1.54) is 18.3 Å². The molecule has 1 amide bonds. The zero-order valence-corrected chi connectivity index (χ0v) is 20.5. The number of likely N-dealkylation sites (tertiary alicyclic amines) is 1. The maximum Gasteiger partial charge on any atom is 0.433 e. The molecule has 0 saturated carbocycles. The Hall–Kier alpha value is -3.14. The molecule has 1 aliphatic rings. The predicted molar refractivity (Wildman–Crippen MR) is 132 cm³/mol. The van der Waals surface area contributed by atoms with Crippen molar-refractivity contribution in [3.05, 3.63) is 87.8 Å². The molecule has 3 aromatic rings. The Morgan fingerprint density at radius 1 is 1.19 bits per heavy atom. The van der Waals surface area contributed by atoms with E-state index < -0.39 is 23.9 Å². The molecule has 0 bridgehead atoms. The summed E-state index contributed by atoms with van der Waals surface area (Å²) in [6.07, 6.45) is 0.236. The average Bonchev–Trinajstić information content (AvgIpc) is 2.84. The van der Waals surface area contributed by atoms with Gasteiger partial charge in [-0.1, -0.05) is 47.5 Å². The Kier molecular flexibility index (Phi) is 7.82. The second-order valence-corrected chi connectivity index (χ2v) is 9.00. The van der Waals surface area contributed by atoms with E-state index in [4.69, 9.17) is 27.9 Å². The van der Waals surface area contributed by atoms with Gasteiger partial charge >= 0.3 is 6.18 Å². The number of ether oxygens (including phenoxy) is 1. The quantitative estimate of drug-likeness (QED) is 0.363. The molecule has 6 nitrogen and oxygen atoms in total. The molecule has 2 atom stereocenters. The van der Waals surface area contributed by atoms with Gasteiger partial charge in [-0.3, -0.25) is 9.69 Å². The summed E-state index contributed by atoms with van der Waals surface area (Å²) in [6, 6.07) is 12.0. The number of carbonyl (C=O) groups excluding carboxylic acids is 1. The van der Waals surface area contributed by atoms with E-state index in [1.807, 2.05) is 31.2 Å². The molecule has 3 heterocycles. The molecular formula is C25H21Cl2F3N4O2. The third-order valence-corrected chi connectivity index (χ3v) is 6.16. The third kappa shape index (κ3) is 6.34. The van der Waals surface area contributed by atoms with Crippen molar-refractivity contribution in [2.24, 2.45) is 0 Å². The number of rotatable bonds is 7. The summed E-state index contributed by atoms with van der Waals surface area (Å²) in [5, 5.41) is 3.32. The molecular weight excluding hydrogens is 516 g/mol. The minimum absolute atomic E-state index is 0.0224. The van der Waals surface area contributed by atoms with Crippen LogP contribution in [0.4, 0.5) is 18.9 Å². The van der Waals surface area contributed by atoms with Gasteiger partial charge in [0.05, 0.1) is 0 Å². The minimum Gasteiger partial charge on any atom is -0.470 e. The van der Waals surface area contributed by atoms with Crippen LogP contribution in [-0.2, 0) is 6.18 Å². The molecule has 1 saturated heterocycles. The van der Waals surface area contributed by atoms with E-state index in [1.54, 1.807) is 12.1 Å². The number of hydrogen-bond donors (Lipinski definition) is 1. The number of halogens is 5. The third-order valence-electron chi connectivity index (χ3n) is 5.70. The van der Waals surface area contributed by atoms with Crippen molar-refractivity contribution >= 4 is 40.9 Å². The molecule has 11 heteroatoms. The molecule has 188 valence electrons. The summed E-state index contributed by atoms with van der Waals surface area (Å²) >= 11 is 11.7. The van der Waals surface area contributed by atoms with Gasteiger partial charge in [0.25, 0.3) is 5.91 Å². The van der Waals surface area contributed by atoms with Gasteiger partial charge in [-0.05, 0) is 48.9 Å². The van der Waals surface area contributed by atoms with Crippen LogP contribution in [0.5, 0.6) is 5.88 Å². The van der Waals surface area contributed by atoms with Crippen LogP contribution in [-0.4, -0.2) is 46.0 Å². The maximum absolute atomic E-state index is 13.3. The van der Waals surface area contributed by atoms with Crippen molar-refractivity contribution in [2.75, 3.05) is 18.4 Å². The lowest BCUT2D eigenvalue weighted by Crippen LogP contribution is -2.60. The zero-order chi connectivity index (χ0) is 25.9. The molecule has 1 N–H and O–H groups in total. The SMILES string of the molecule is CC1C(Oc2nc(C(F)(F)F)ccc2NC(=O)c2ccnc(Cl)c2)CN1CC=Cc1ccc(Cl)cc1. The average molecular weight is 537 g/mol. The van der Waals surface area contributed by atoms with Crippen molar-refractivity contribution < 1.29 is 22.7 Å². The first-order valence-electron chi connectivity index (χ1n) is 10.9. The number of amides is 1. The Morgan fingerprint density at radius 2 is 1.94 bits per heavy atom. The highest BCUT2D eigenvalue weighted by atomic mass is 35.5. The van der Waals surface area contributed by atoms with Crippen molar-refractivity contribution in [1.29, 1.82) is 0 Å². The standard InChI is InChI=1S/C25H21Cl2F3N4O2/c1-15-20(14-34(15)12-2-3-16-4-6-18(26)7-5-16)36-24-19(8-9-21(33-24)25(28,29)30)32-23(35)17-10-11-31-22(27)13-17/h2-11,13,15,20H,12,14H2,1H3,(H,32,35). The lowest BCUT2D eigenvalue weighted by Gasteiger charge is -2.45. The highest BCUT2D eigenvalue weighted by molar-refractivity contribution is 6.30. The second-order valence-electron chi connectivity index (χ2n) is 8.17. The Morgan fingerprint density at radius 3 is 2.61 bits per heavy atom. The summed E-state index contributed by atoms with van der Waals surface area (Å²) in [5.74, 6) is -0.882. The van der Waals surface area contributed by atoms with E-state index in [9.17, 15) is 18.0 Å².